The Hall–Kier alpha value is -1.41. The highest BCUT2D eigenvalue weighted by atomic mass is 79.9. The van der Waals surface area contributed by atoms with Crippen LogP contribution in [0.1, 0.15) is 15.9 Å². The summed E-state index contributed by atoms with van der Waals surface area (Å²) < 4.78 is 18.0. The number of halogens is 2. The van der Waals surface area contributed by atoms with Gasteiger partial charge in [0.2, 0.25) is 0 Å². The Kier molecular flexibility index (Phi) is 3.81. The molecule has 78 valence electrons. The molecule has 0 aliphatic rings. The summed E-state index contributed by atoms with van der Waals surface area (Å²) in [4.78, 5) is 11.3. The summed E-state index contributed by atoms with van der Waals surface area (Å²) >= 11 is 2.96. The quantitative estimate of drug-likeness (QED) is 0.626. The average molecular weight is 272 g/mol. The first kappa shape index (κ1) is 11.7. The molecule has 0 spiro atoms. The van der Waals surface area contributed by atoms with Crippen molar-refractivity contribution >= 4 is 21.7 Å². The van der Waals surface area contributed by atoms with Crippen molar-refractivity contribution in [3.63, 3.8) is 0 Å². The van der Waals surface area contributed by atoms with Crippen molar-refractivity contribution in [3.8, 4) is 11.8 Å². The number of carbonyl (C=O) groups is 1. The van der Waals surface area contributed by atoms with Crippen LogP contribution in [0.3, 0.4) is 0 Å². The van der Waals surface area contributed by atoms with Gasteiger partial charge in [0.25, 0.3) is 0 Å². The molecule has 0 radical (unpaired) electrons. The second kappa shape index (κ2) is 4.89. The fraction of sp³-hybridized carbons (Fsp3) is 0.200. The number of methoxy groups -OCH3 is 1. The number of ketones is 1. The number of nitrogens with zero attached hydrogens (tertiary/aromatic N) is 1. The predicted molar refractivity (Wildman–Crippen MR) is 55.8 cm³/mol. The lowest BCUT2D eigenvalue weighted by Crippen LogP contribution is -2.05. The van der Waals surface area contributed by atoms with Crippen LogP contribution < -0.4 is 4.74 Å². The Morgan fingerprint density at radius 2 is 2.33 bits per heavy atom. The van der Waals surface area contributed by atoms with Gasteiger partial charge >= 0.3 is 0 Å². The lowest BCUT2D eigenvalue weighted by atomic mass is 10.0. The summed E-state index contributed by atoms with van der Waals surface area (Å²) in [6, 6.07) is 4.05. The van der Waals surface area contributed by atoms with Gasteiger partial charge in [0.15, 0.2) is 17.3 Å². The molecule has 0 amide bonds. The molecule has 0 saturated heterocycles. The molecule has 0 unspecified atom stereocenters. The minimum atomic E-state index is -0.652. The van der Waals surface area contributed by atoms with Crippen LogP contribution >= 0.6 is 15.9 Å². The third kappa shape index (κ3) is 2.34. The van der Waals surface area contributed by atoms with Crippen molar-refractivity contribution < 1.29 is 13.9 Å². The van der Waals surface area contributed by atoms with Gasteiger partial charge in [0.1, 0.15) is 6.07 Å². The molecule has 1 rings (SSSR count). The number of hydrogen-bond acceptors (Lipinski definition) is 3. The highest BCUT2D eigenvalue weighted by Crippen LogP contribution is 2.22. The third-order valence-corrected chi connectivity index (χ3v) is 2.34. The summed E-state index contributed by atoms with van der Waals surface area (Å²) in [5.41, 5.74) is 0.172. The van der Waals surface area contributed by atoms with Gasteiger partial charge < -0.3 is 4.74 Å². The van der Waals surface area contributed by atoms with E-state index in [1.165, 1.54) is 13.2 Å². The first-order chi connectivity index (χ1) is 7.13. The monoisotopic (exact) mass is 271 g/mol. The van der Waals surface area contributed by atoms with E-state index in [1.54, 1.807) is 0 Å². The Morgan fingerprint density at radius 3 is 2.80 bits per heavy atom. The normalized spacial score (nSPS) is 9.47. The molecular weight excluding hydrogens is 265 g/mol. The smallest absolute Gasteiger partial charge is 0.174 e. The van der Waals surface area contributed by atoms with Crippen LogP contribution in [0.2, 0.25) is 0 Å². The Morgan fingerprint density at radius 1 is 1.67 bits per heavy atom. The second-order valence-corrected chi connectivity index (χ2v) is 3.26. The predicted octanol–water partition coefficient (Wildman–Crippen LogP) is 2.28. The van der Waals surface area contributed by atoms with E-state index in [-0.39, 0.29) is 28.0 Å². The zero-order valence-electron chi connectivity index (χ0n) is 7.88. The third-order valence-electron chi connectivity index (χ3n) is 1.83. The number of rotatable bonds is 3. The zero-order chi connectivity index (χ0) is 11.4. The van der Waals surface area contributed by atoms with Crippen molar-refractivity contribution in [2.45, 2.75) is 0 Å². The van der Waals surface area contributed by atoms with Crippen LogP contribution in [0.5, 0.6) is 5.75 Å². The van der Waals surface area contributed by atoms with Gasteiger partial charge in [0, 0.05) is 11.6 Å². The van der Waals surface area contributed by atoms with Crippen LogP contribution in [-0.2, 0) is 0 Å². The van der Waals surface area contributed by atoms with Crippen molar-refractivity contribution in [2.24, 2.45) is 0 Å². The largest absolute Gasteiger partial charge is 0.494 e. The molecule has 0 fully saturated rings. The Bertz CT molecular complexity index is 440. The number of benzene rings is 1. The first-order valence-electron chi connectivity index (χ1n) is 4.00. The maximum atomic E-state index is 13.3. The van der Waals surface area contributed by atoms with E-state index in [0.29, 0.717) is 0 Å². The molecule has 0 heterocycles. The van der Waals surface area contributed by atoms with E-state index in [2.05, 4.69) is 15.9 Å². The number of hydrogen-bond donors (Lipinski definition) is 0. The van der Waals surface area contributed by atoms with Gasteiger partial charge in [-0.1, -0.05) is 15.9 Å². The molecule has 3 nitrogen and oxygen atoms in total. The molecule has 1 aromatic rings. The number of Topliss-reactive ketones (excluding diaryl/α,β-unsaturated/α-hetero) is 1. The van der Waals surface area contributed by atoms with Crippen molar-refractivity contribution in [1.82, 2.24) is 0 Å². The summed E-state index contributed by atoms with van der Waals surface area (Å²) in [5.74, 6) is -1.04. The van der Waals surface area contributed by atoms with Gasteiger partial charge in [-0.2, -0.15) is 5.26 Å². The molecule has 1 aromatic carbocycles. The summed E-state index contributed by atoms with van der Waals surface area (Å²) in [6.07, 6.45) is 0. The molecule has 0 bridgehead atoms. The topological polar surface area (TPSA) is 50.1 Å². The highest BCUT2D eigenvalue weighted by Gasteiger charge is 2.15. The molecule has 5 heteroatoms. The number of ether oxygens (including phenoxy) is 1. The molecule has 15 heavy (non-hydrogen) atoms. The molecular formula is C10H7BrFNO2. The van der Waals surface area contributed by atoms with Crippen molar-refractivity contribution in [2.75, 3.05) is 12.4 Å². The van der Waals surface area contributed by atoms with Gasteiger partial charge in [0.05, 0.1) is 18.0 Å². The molecule has 0 saturated carbocycles. The van der Waals surface area contributed by atoms with E-state index >= 15 is 0 Å². The van der Waals surface area contributed by atoms with Gasteiger partial charge in [-0.3, -0.25) is 4.79 Å². The summed E-state index contributed by atoms with van der Waals surface area (Å²) in [7, 11) is 1.30. The van der Waals surface area contributed by atoms with Crippen LogP contribution in [0.4, 0.5) is 4.39 Å². The van der Waals surface area contributed by atoms with Crippen LogP contribution in [0.25, 0.3) is 0 Å². The van der Waals surface area contributed by atoms with Crippen LogP contribution in [-0.4, -0.2) is 18.2 Å². The van der Waals surface area contributed by atoms with Gasteiger partial charge in [-0.15, -0.1) is 0 Å². The highest BCUT2D eigenvalue weighted by molar-refractivity contribution is 9.09. The van der Waals surface area contributed by atoms with E-state index < -0.39 is 5.82 Å². The fourth-order valence-corrected chi connectivity index (χ4v) is 1.41. The molecule has 0 aliphatic heterocycles. The molecule has 0 aliphatic carbocycles. The first-order valence-corrected chi connectivity index (χ1v) is 5.13. The van der Waals surface area contributed by atoms with E-state index in [9.17, 15) is 9.18 Å². The van der Waals surface area contributed by atoms with Crippen LogP contribution in [0.15, 0.2) is 12.1 Å². The van der Waals surface area contributed by atoms with Crippen molar-refractivity contribution in [3.05, 3.63) is 29.1 Å². The SMILES string of the molecule is COc1cc(C#N)c(C(=O)CBr)cc1F. The average Bonchev–Trinajstić information content (AvgIpc) is 2.27. The number of nitriles is 1. The fourth-order valence-electron chi connectivity index (χ4n) is 1.11. The summed E-state index contributed by atoms with van der Waals surface area (Å²) in [5, 5.41) is 8.83. The molecule has 0 atom stereocenters. The van der Waals surface area contributed by atoms with Crippen molar-refractivity contribution in [1.29, 1.82) is 5.26 Å². The minimum Gasteiger partial charge on any atom is -0.494 e. The standard InChI is InChI=1S/C10H7BrFNO2/c1-15-10-2-6(5-13)7(3-8(10)12)9(14)4-11/h2-3H,4H2,1H3. The van der Waals surface area contributed by atoms with Gasteiger partial charge in [-0.05, 0) is 6.07 Å². The lowest BCUT2D eigenvalue weighted by Gasteiger charge is -2.05. The maximum Gasteiger partial charge on any atom is 0.174 e. The minimum absolute atomic E-state index is 0.0438. The van der Waals surface area contributed by atoms with E-state index in [4.69, 9.17) is 10.00 Å². The van der Waals surface area contributed by atoms with E-state index in [1.807, 2.05) is 6.07 Å². The van der Waals surface area contributed by atoms with E-state index in [0.717, 1.165) is 6.07 Å². The second-order valence-electron chi connectivity index (χ2n) is 2.70. The molecule has 0 aromatic heterocycles. The number of carbonyl (C=O) groups excluding carboxylic acids is 1. The van der Waals surface area contributed by atoms with Crippen LogP contribution in [0, 0.1) is 17.1 Å². The Labute approximate surface area is 94.6 Å². The van der Waals surface area contributed by atoms with Gasteiger partial charge in [-0.25, -0.2) is 4.39 Å². The zero-order valence-corrected chi connectivity index (χ0v) is 9.47. The number of alkyl halides is 1. The summed E-state index contributed by atoms with van der Waals surface area (Å²) in [6.45, 7) is 0. The lowest BCUT2D eigenvalue weighted by molar-refractivity contribution is 0.102. The Balaban J connectivity index is 3.35. The maximum absolute atomic E-state index is 13.3. The molecule has 0 N–H and O–H groups in total.